The number of carbonyl (C=O) groups excluding carboxylic acids is 1. The number of ether oxygens (including phenoxy) is 1. The Bertz CT molecular complexity index is 574. The third kappa shape index (κ3) is 3.20. The van der Waals surface area contributed by atoms with Crippen LogP contribution in [0.4, 0.5) is 0 Å². The Morgan fingerprint density at radius 1 is 1.45 bits per heavy atom. The second-order valence-electron chi connectivity index (χ2n) is 4.64. The molecule has 0 bridgehead atoms. The Morgan fingerprint density at radius 3 is 2.80 bits per heavy atom. The lowest BCUT2D eigenvalue weighted by Crippen LogP contribution is -2.40. The Balaban J connectivity index is 2.03. The minimum atomic E-state index is -3.68. The Kier molecular flexibility index (Phi) is 4.46. The second-order valence-corrected chi connectivity index (χ2v) is 6.46. The highest BCUT2D eigenvalue weighted by molar-refractivity contribution is 7.89. The molecular weight excluding hydrogens is 284 g/mol. The van der Waals surface area contributed by atoms with E-state index in [1.54, 1.807) is 0 Å². The van der Waals surface area contributed by atoms with Gasteiger partial charge >= 0.3 is 0 Å². The van der Waals surface area contributed by atoms with Crippen LogP contribution in [0.25, 0.3) is 0 Å². The molecule has 8 heteroatoms. The van der Waals surface area contributed by atoms with E-state index in [9.17, 15) is 13.2 Å². The lowest BCUT2D eigenvalue weighted by atomic mass is 10.1. The predicted molar refractivity (Wildman–Crippen MR) is 70.9 cm³/mol. The predicted octanol–water partition coefficient (Wildman–Crippen LogP) is 0.485. The Labute approximate surface area is 117 Å². The highest BCUT2D eigenvalue weighted by atomic mass is 32.2. The zero-order chi connectivity index (χ0) is 14.8. The molecule has 0 radical (unpaired) electrons. The highest BCUT2D eigenvalue weighted by Crippen LogP contribution is 2.17. The molecule has 0 aliphatic carbocycles. The highest BCUT2D eigenvalue weighted by Gasteiger charge is 2.26. The number of furan rings is 1. The number of amides is 1. The number of carbonyl (C=O) groups is 1. The Morgan fingerprint density at radius 2 is 2.20 bits per heavy atom. The molecule has 1 aromatic rings. The van der Waals surface area contributed by atoms with Crippen LogP contribution in [-0.4, -0.2) is 40.1 Å². The molecule has 7 nitrogen and oxygen atoms in total. The number of hydrogen-bond donors (Lipinski definition) is 2. The first kappa shape index (κ1) is 15.0. The molecule has 1 aromatic heterocycles. The summed E-state index contributed by atoms with van der Waals surface area (Å²) >= 11 is 0. The molecule has 0 spiro atoms. The van der Waals surface area contributed by atoms with Crippen molar-refractivity contribution < 1.29 is 22.4 Å². The first-order valence-corrected chi connectivity index (χ1v) is 7.88. The van der Waals surface area contributed by atoms with Gasteiger partial charge in [-0.2, -0.15) is 0 Å². The third-order valence-electron chi connectivity index (χ3n) is 3.22. The van der Waals surface area contributed by atoms with Crippen LogP contribution in [0.15, 0.2) is 21.6 Å². The molecule has 1 amide bonds. The van der Waals surface area contributed by atoms with Gasteiger partial charge in [-0.3, -0.25) is 4.79 Å². The van der Waals surface area contributed by atoms with Gasteiger partial charge in [0.2, 0.25) is 5.09 Å². The monoisotopic (exact) mass is 302 g/mol. The average Bonchev–Trinajstić information content (AvgIpc) is 3.10. The fourth-order valence-corrected chi connectivity index (χ4v) is 2.70. The molecule has 0 aromatic carbocycles. The van der Waals surface area contributed by atoms with Crippen LogP contribution in [-0.2, 0) is 14.8 Å². The smallest absolute Gasteiger partial charge is 0.287 e. The van der Waals surface area contributed by atoms with Crippen molar-refractivity contribution >= 4 is 15.9 Å². The van der Waals surface area contributed by atoms with Gasteiger partial charge in [-0.15, -0.1) is 0 Å². The summed E-state index contributed by atoms with van der Waals surface area (Å²) in [6.07, 6.45) is 1.88. The molecule has 112 valence electrons. The van der Waals surface area contributed by atoms with Gasteiger partial charge in [0.05, 0.1) is 12.1 Å². The van der Waals surface area contributed by atoms with Crippen molar-refractivity contribution in [3.63, 3.8) is 0 Å². The first-order valence-electron chi connectivity index (χ1n) is 6.40. The molecule has 2 atom stereocenters. The maximum Gasteiger partial charge on any atom is 0.287 e. The van der Waals surface area contributed by atoms with Crippen molar-refractivity contribution in [1.29, 1.82) is 0 Å². The van der Waals surface area contributed by atoms with Crippen molar-refractivity contribution in [1.82, 2.24) is 10.0 Å². The van der Waals surface area contributed by atoms with E-state index in [0.717, 1.165) is 12.8 Å². The maximum absolute atomic E-state index is 12.0. The minimum Gasteiger partial charge on any atom is -0.438 e. The van der Waals surface area contributed by atoms with E-state index in [-0.39, 0.29) is 23.0 Å². The van der Waals surface area contributed by atoms with Gasteiger partial charge < -0.3 is 14.5 Å². The molecule has 1 saturated heterocycles. The summed E-state index contributed by atoms with van der Waals surface area (Å²) in [5.74, 6) is -0.491. The van der Waals surface area contributed by atoms with E-state index in [1.807, 2.05) is 6.92 Å². The van der Waals surface area contributed by atoms with Gasteiger partial charge in [0.25, 0.3) is 15.9 Å². The maximum atomic E-state index is 12.0. The van der Waals surface area contributed by atoms with Crippen molar-refractivity contribution in [2.75, 3.05) is 13.7 Å². The second kappa shape index (κ2) is 5.94. The van der Waals surface area contributed by atoms with Crippen LogP contribution >= 0.6 is 0 Å². The van der Waals surface area contributed by atoms with E-state index in [4.69, 9.17) is 9.15 Å². The topological polar surface area (TPSA) is 97.6 Å². The Hall–Kier alpha value is -1.38. The molecule has 2 heterocycles. The van der Waals surface area contributed by atoms with E-state index >= 15 is 0 Å². The zero-order valence-electron chi connectivity index (χ0n) is 11.4. The molecule has 20 heavy (non-hydrogen) atoms. The van der Waals surface area contributed by atoms with Crippen LogP contribution in [0.1, 0.15) is 30.3 Å². The van der Waals surface area contributed by atoms with E-state index in [1.165, 1.54) is 19.2 Å². The van der Waals surface area contributed by atoms with Crippen LogP contribution in [0.5, 0.6) is 0 Å². The van der Waals surface area contributed by atoms with Gasteiger partial charge in [0, 0.05) is 6.61 Å². The van der Waals surface area contributed by atoms with E-state index in [0.29, 0.717) is 6.61 Å². The van der Waals surface area contributed by atoms with Gasteiger partial charge in [-0.05, 0) is 38.9 Å². The normalized spacial score (nSPS) is 20.8. The average molecular weight is 302 g/mol. The van der Waals surface area contributed by atoms with Crippen molar-refractivity contribution in [2.45, 2.75) is 37.0 Å². The van der Waals surface area contributed by atoms with Gasteiger partial charge in [0.1, 0.15) is 0 Å². The summed E-state index contributed by atoms with van der Waals surface area (Å²) < 4.78 is 35.7. The van der Waals surface area contributed by atoms with Gasteiger partial charge in [-0.25, -0.2) is 13.1 Å². The zero-order valence-corrected chi connectivity index (χ0v) is 12.2. The van der Waals surface area contributed by atoms with Crippen LogP contribution < -0.4 is 10.0 Å². The molecule has 0 unspecified atom stereocenters. The first-order chi connectivity index (χ1) is 9.44. The SMILES string of the molecule is CNS(=O)(=O)c1ccc(C(=O)N[C@H](C)[C@@H]2CCCO2)o1. The third-order valence-corrected chi connectivity index (χ3v) is 4.51. The fourth-order valence-electron chi connectivity index (χ4n) is 2.05. The summed E-state index contributed by atoms with van der Waals surface area (Å²) in [5.41, 5.74) is 0. The van der Waals surface area contributed by atoms with Gasteiger partial charge in [-0.1, -0.05) is 0 Å². The number of nitrogens with one attached hydrogen (secondary N) is 2. The summed E-state index contributed by atoms with van der Waals surface area (Å²) in [7, 11) is -2.40. The minimum absolute atomic E-state index is 0.00516. The molecule has 1 aliphatic heterocycles. The largest absolute Gasteiger partial charge is 0.438 e. The number of sulfonamides is 1. The summed E-state index contributed by atoms with van der Waals surface area (Å²) in [6, 6.07) is 2.43. The summed E-state index contributed by atoms with van der Waals surface area (Å²) in [6.45, 7) is 2.55. The van der Waals surface area contributed by atoms with Crippen LogP contribution in [0, 0.1) is 0 Å². The lowest BCUT2D eigenvalue weighted by Gasteiger charge is -2.19. The molecule has 2 N–H and O–H groups in total. The van der Waals surface area contributed by atoms with Crippen molar-refractivity contribution in [3.8, 4) is 0 Å². The summed E-state index contributed by atoms with van der Waals surface area (Å²) in [4.78, 5) is 12.0. The molecule has 0 saturated carbocycles. The quantitative estimate of drug-likeness (QED) is 0.824. The van der Waals surface area contributed by atoms with Gasteiger partial charge in [0.15, 0.2) is 5.76 Å². The van der Waals surface area contributed by atoms with E-state index in [2.05, 4.69) is 10.0 Å². The summed E-state index contributed by atoms with van der Waals surface area (Å²) in [5, 5.41) is 2.47. The molecular formula is C12H18N2O5S. The molecule has 1 aliphatic rings. The van der Waals surface area contributed by atoms with Crippen molar-refractivity contribution in [3.05, 3.63) is 17.9 Å². The number of rotatable bonds is 5. The van der Waals surface area contributed by atoms with Crippen LogP contribution in [0.2, 0.25) is 0 Å². The van der Waals surface area contributed by atoms with Crippen molar-refractivity contribution in [2.24, 2.45) is 0 Å². The number of hydrogen-bond acceptors (Lipinski definition) is 5. The fraction of sp³-hybridized carbons (Fsp3) is 0.583. The standard InChI is InChI=1S/C12H18N2O5S/c1-8(9-4-3-7-18-9)14-12(15)10-5-6-11(19-10)20(16,17)13-2/h5-6,8-9,13H,3-4,7H2,1-2H3,(H,14,15)/t8-,9+/m1/s1. The molecule has 1 fully saturated rings. The lowest BCUT2D eigenvalue weighted by molar-refractivity contribution is 0.0693. The van der Waals surface area contributed by atoms with Crippen LogP contribution in [0.3, 0.4) is 0 Å². The van der Waals surface area contributed by atoms with E-state index < -0.39 is 15.9 Å². The molecule has 2 rings (SSSR count).